The first kappa shape index (κ1) is 15.4. The quantitative estimate of drug-likeness (QED) is 0.919. The molecule has 0 bridgehead atoms. The van der Waals surface area contributed by atoms with Gasteiger partial charge < -0.3 is 5.32 Å². The fourth-order valence-electron chi connectivity index (χ4n) is 2.81. The fourth-order valence-corrected chi connectivity index (χ4v) is 3.45. The van der Waals surface area contributed by atoms with Gasteiger partial charge in [0, 0.05) is 18.0 Å². The predicted molar refractivity (Wildman–Crippen MR) is 84.0 cm³/mol. The van der Waals surface area contributed by atoms with Crippen molar-refractivity contribution in [2.24, 2.45) is 0 Å². The van der Waals surface area contributed by atoms with Gasteiger partial charge >= 0.3 is 0 Å². The van der Waals surface area contributed by atoms with Crippen LogP contribution in [0.1, 0.15) is 50.5 Å². The molecule has 0 saturated heterocycles. The molecule has 1 aromatic rings. The van der Waals surface area contributed by atoms with Crippen LogP contribution in [0.5, 0.6) is 0 Å². The van der Waals surface area contributed by atoms with Crippen LogP contribution in [0.3, 0.4) is 0 Å². The van der Waals surface area contributed by atoms with Crippen molar-refractivity contribution in [3.05, 3.63) is 23.8 Å². The predicted octanol–water partition coefficient (Wildman–Crippen LogP) is 3.92. The van der Waals surface area contributed by atoms with E-state index in [1.165, 1.54) is 51.2 Å². The SMILES string of the molecule is Cc1ccc(S(C)(=O)=O)cc1NC1CCCCCCC1. The molecule has 0 spiro atoms. The zero-order chi connectivity index (χ0) is 14.6. The van der Waals surface area contributed by atoms with Crippen molar-refractivity contribution in [2.75, 3.05) is 11.6 Å². The van der Waals surface area contributed by atoms with Gasteiger partial charge in [0.2, 0.25) is 0 Å². The van der Waals surface area contributed by atoms with E-state index in [1.54, 1.807) is 12.1 Å². The van der Waals surface area contributed by atoms with E-state index in [4.69, 9.17) is 0 Å². The summed E-state index contributed by atoms with van der Waals surface area (Å²) in [7, 11) is -3.14. The van der Waals surface area contributed by atoms with E-state index < -0.39 is 9.84 Å². The van der Waals surface area contributed by atoms with Gasteiger partial charge in [-0.1, -0.05) is 38.2 Å². The molecule has 2 rings (SSSR count). The molecule has 0 amide bonds. The molecule has 1 aliphatic carbocycles. The average molecular weight is 295 g/mol. The maximum Gasteiger partial charge on any atom is 0.175 e. The third-order valence-electron chi connectivity index (χ3n) is 4.10. The molecule has 0 heterocycles. The van der Waals surface area contributed by atoms with Crippen molar-refractivity contribution in [3.63, 3.8) is 0 Å². The van der Waals surface area contributed by atoms with Gasteiger partial charge in [-0.15, -0.1) is 0 Å². The lowest BCUT2D eigenvalue weighted by Crippen LogP contribution is -2.21. The highest BCUT2D eigenvalue weighted by atomic mass is 32.2. The lowest BCUT2D eigenvalue weighted by Gasteiger charge is -2.23. The summed E-state index contributed by atoms with van der Waals surface area (Å²) in [5.41, 5.74) is 2.08. The van der Waals surface area contributed by atoms with Crippen LogP contribution in [0.4, 0.5) is 5.69 Å². The molecule has 1 aromatic carbocycles. The maximum absolute atomic E-state index is 11.7. The summed E-state index contributed by atoms with van der Waals surface area (Å²) in [6, 6.07) is 5.84. The van der Waals surface area contributed by atoms with Crippen molar-refractivity contribution in [3.8, 4) is 0 Å². The summed E-state index contributed by atoms with van der Waals surface area (Å²) in [4.78, 5) is 0.399. The lowest BCUT2D eigenvalue weighted by atomic mass is 9.96. The van der Waals surface area contributed by atoms with Crippen LogP contribution in [0.2, 0.25) is 0 Å². The van der Waals surface area contributed by atoms with Crippen LogP contribution in [-0.4, -0.2) is 20.7 Å². The third-order valence-corrected chi connectivity index (χ3v) is 5.21. The number of hydrogen-bond donors (Lipinski definition) is 1. The number of sulfone groups is 1. The fraction of sp³-hybridized carbons (Fsp3) is 0.625. The van der Waals surface area contributed by atoms with Gasteiger partial charge in [0.1, 0.15) is 0 Å². The average Bonchev–Trinajstić information content (AvgIpc) is 2.33. The minimum Gasteiger partial charge on any atom is -0.382 e. The van der Waals surface area contributed by atoms with Gasteiger partial charge in [-0.2, -0.15) is 0 Å². The van der Waals surface area contributed by atoms with Gasteiger partial charge in [0.05, 0.1) is 4.90 Å². The molecule has 0 radical (unpaired) electrons. The van der Waals surface area contributed by atoms with Crippen LogP contribution in [0.15, 0.2) is 23.1 Å². The standard InChI is InChI=1S/C16H25NO2S/c1-13-10-11-15(20(2,18)19)12-16(13)17-14-8-6-4-3-5-7-9-14/h10-12,14,17H,3-9H2,1-2H3. The van der Waals surface area contributed by atoms with Gasteiger partial charge in [0.25, 0.3) is 0 Å². The number of anilines is 1. The smallest absolute Gasteiger partial charge is 0.175 e. The molecule has 0 atom stereocenters. The van der Waals surface area contributed by atoms with Crippen molar-refractivity contribution in [1.29, 1.82) is 0 Å². The second kappa shape index (κ2) is 6.61. The Hall–Kier alpha value is -1.03. The summed E-state index contributed by atoms with van der Waals surface area (Å²) in [5, 5.41) is 3.56. The Morgan fingerprint density at radius 1 is 1.05 bits per heavy atom. The molecule has 1 saturated carbocycles. The van der Waals surface area contributed by atoms with E-state index in [9.17, 15) is 8.42 Å². The van der Waals surface area contributed by atoms with E-state index in [2.05, 4.69) is 5.32 Å². The number of rotatable bonds is 3. The highest BCUT2D eigenvalue weighted by molar-refractivity contribution is 7.90. The van der Waals surface area contributed by atoms with Gasteiger partial charge in [0.15, 0.2) is 9.84 Å². The summed E-state index contributed by atoms with van der Waals surface area (Å²) in [5.74, 6) is 0. The Morgan fingerprint density at radius 3 is 2.25 bits per heavy atom. The second-order valence-corrected chi connectivity index (χ2v) is 7.95. The number of nitrogens with one attached hydrogen (secondary N) is 1. The maximum atomic E-state index is 11.7. The Labute approximate surface area is 122 Å². The molecule has 0 unspecified atom stereocenters. The van der Waals surface area contributed by atoms with Crippen molar-refractivity contribution in [1.82, 2.24) is 0 Å². The van der Waals surface area contributed by atoms with Crippen LogP contribution >= 0.6 is 0 Å². The Morgan fingerprint density at radius 2 is 1.65 bits per heavy atom. The zero-order valence-corrected chi connectivity index (χ0v) is 13.3. The highest BCUT2D eigenvalue weighted by Crippen LogP contribution is 2.25. The normalized spacial score (nSPS) is 18.3. The van der Waals surface area contributed by atoms with E-state index in [0.717, 1.165) is 11.3 Å². The van der Waals surface area contributed by atoms with Crippen molar-refractivity contribution < 1.29 is 8.42 Å². The minimum atomic E-state index is -3.14. The van der Waals surface area contributed by atoms with Crippen molar-refractivity contribution >= 4 is 15.5 Å². The number of hydrogen-bond acceptors (Lipinski definition) is 3. The van der Waals surface area contributed by atoms with Crippen LogP contribution in [0, 0.1) is 6.92 Å². The topological polar surface area (TPSA) is 46.2 Å². The lowest BCUT2D eigenvalue weighted by molar-refractivity contribution is 0.471. The first-order valence-electron chi connectivity index (χ1n) is 7.54. The van der Waals surface area contributed by atoms with E-state index >= 15 is 0 Å². The molecular formula is C16H25NO2S. The summed E-state index contributed by atoms with van der Waals surface area (Å²) < 4.78 is 23.3. The minimum absolute atomic E-state index is 0.399. The molecule has 1 aliphatic rings. The largest absolute Gasteiger partial charge is 0.382 e. The molecule has 112 valence electrons. The van der Waals surface area contributed by atoms with Crippen LogP contribution in [-0.2, 0) is 9.84 Å². The zero-order valence-electron chi connectivity index (χ0n) is 12.5. The third kappa shape index (κ3) is 4.23. The molecule has 0 aliphatic heterocycles. The monoisotopic (exact) mass is 295 g/mol. The molecule has 1 N–H and O–H groups in total. The first-order valence-corrected chi connectivity index (χ1v) is 9.43. The molecule has 4 heteroatoms. The Bertz CT molecular complexity index is 544. The molecule has 20 heavy (non-hydrogen) atoms. The summed E-state index contributed by atoms with van der Waals surface area (Å²) >= 11 is 0. The molecule has 1 fully saturated rings. The number of aryl methyl sites for hydroxylation is 1. The molecule has 3 nitrogen and oxygen atoms in total. The first-order chi connectivity index (χ1) is 9.47. The summed E-state index contributed by atoms with van der Waals surface area (Å²) in [6.07, 6.45) is 10.2. The highest BCUT2D eigenvalue weighted by Gasteiger charge is 2.14. The molecule has 0 aromatic heterocycles. The van der Waals surface area contributed by atoms with Gasteiger partial charge in [-0.25, -0.2) is 8.42 Å². The van der Waals surface area contributed by atoms with Crippen LogP contribution in [0.25, 0.3) is 0 Å². The van der Waals surface area contributed by atoms with Crippen molar-refractivity contribution in [2.45, 2.75) is 62.8 Å². The van der Waals surface area contributed by atoms with Crippen LogP contribution < -0.4 is 5.32 Å². The van der Waals surface area contributed by atoms with Gasteiger partial charge in [-0.3, -0.25) is 0 Å². The Balaban J connectivity index is 2.14. The number of benzene rings is 1. The van der Waals surface area contributed by atoms with E-state index in [1.807, 2.05) is 13.0 Å². The Kier molecular flexibility index (Phi) is 5.08. The van der Waals surface area contributed by atoms with Gasteiger partial charge in [-0.05, 0) is 37.5 Å². The second-order valence-electron chi connectivity index (χ2n) is 5.94. The molecular weight excluding hydrogens is 270 g/mol. The van der Waals surface area contributed by atoms with E-state index in [-0.39, 0.29) is 0 Å². The summed E-state index contributed by atoms with van der Waals surface area (Å²) in [6.45, 7) is 2.03. The van der Waals surface area contributed by atoms with E-state index in [0.29, 0.717) is 10.9 Å².